The minimum atomic E-state index is 0.284. The van der Waals surface area contributed by atoms with Gasteiger partial charge in [-0.2, -0.15) is 0 Å². The highest BCUT2D eigenvalue weighted by Crippen LogP contribution is 2.36. The summed E-state index contributed by atoms with van der Waals surface area (Å²) >= 11 is 0. The Bertz CT molecular complexity index is 672. The predicted octanol–water partition coefficient (Wildman–Crippen LogP) is 3.07. The zero-order valence-electron chi connectivity index (χ0n) is 13.0. The van der Waals surface area contributed by atoms with Crippen molar-refractivity contribution in [2.45, 2.75) is 6.54 Å². The SMILES string of the molecule is COc1cccc(CN(C)c2ccc3c(c2)OCO3)c1OC. The van der Waals surface area contributed by atoms with Gasteiger partial charge in [0.25, 0.3) is 0 Å². The molecule has 0 N–H and O–H groups in total. The largest absolute Gasteiger partial charge is 0.493 e. The van der Waals surface area contributed by atoms with Crippen LogP contribution in [0.25, 0.3) is 0 Å². The minimum Gasteiger partial charge on any atom is -0.493 e. The van der Waals surface area contributed by atoms with Crippen LogP contribution in [0.2, 0.25) is 0 Å². The Hall–Kier alpha value is -2.56. The molecule has 0 aromatic heterocycles. The molecule has 0 saturated carbocycles. The van der Waals surface area contributed by atoms with Crippen molar-refractivity contribution < 1.29 is 18.9 Å². The van der Waals surface area contributed by atoms with E-state index < -0.39 is 0 Å². The number of rotatable bonds is 5. The number of hydrogen-bond donors (Lipinski definition) is 0. The second-order valence-electron chi connectivity index (χ2n) is 5.05. The van der Waals surface area contributed by atoms with Gasteiger partial charge in [-0.25, -0.2) is 0 Å². The Labute approximate surface area is 130 Å². The monoisotopic (exact) mass is 301 g/mol. The number of nitrogens with zero attached hydrogens (tertiary/aromatic N) is 1. The summed E-state index contributed by atoms with van der Waals surface area (Å²) < 4.78 is 21.6. The molecule has 0 amide bonds. The Morgan fingerprint density at radius 3 is 2.64 bits per heavy atom. The van der Waals surface area contributed by atoms with E-state index in [1.807, 2.05) is 43.4 Å². The van der Waals surface area contributed by atoms with Gasteiger partial charge < -0.3 is 23.8 Å². The van der Waals surface area contributed by atoms with Crippen molar-refractivity contribution in [2.75, 3.05) is 33.0 Å². The van der Waals surface area contributed by atoms with E-state index in [1.54, 1.807) is 14.2 Å². The minimum absolute atomic E-state index is 0.284. The number of para-hydroxylation sites is 1. The molecule has 2 aromatic carbocycles. The van der Waals surface area contributed by atoms with Crippen molar-refractivity contribution in [1.82, 2.24) is 0 Å². The lowest BCUT2D eigenvalue weighted by Gasteiger charge is -2.21. The first kappa shape index (κ1) is 14.4. The van der Waals surface area contributed by atoms with Gasteiger partial charge in [0.1, 0.15) is 0 Å². The molecule has 0 saturated heterocycles. The van der Waals surface area contributed by atoms with E-state index >= 15 is 0 Å². The Balaban J connectivity index is 1.84. The molecule has 0 spiro atoms. The molecule has 5 nitrogen and oxygen atoms in total. The van der Waals surface area contributed by atoms with Gasteiger partial charge in [-0.05, 0) is 18.2 Å². The molecule has 22 heavy (non-hydrogen) atoms. The fourth-order valence-electron chi connectivity index (χ4n) is 2.55. The average Bonchev–Trinajstić information content (AvgIpc) is 3.02. The van der Waals surface area contributed by atoms with Crippen molar-refractivity contribution >= 4 is 5.69 Å². The molecular weight excluding hydrogens is 282 g/mol. The number of benzene rings is 2. The average molecular weight is 301 g/mol. The summed E-state index contributed by atoms with van der Waals surface area (Å²) in [5, 5.41) is 0. The summed E-state index contributed by atoms with van der Waals surface area (Å²) in [6.07, 6.45) is 0. The Kier molecular flexibility index (Phi) is 3.96. The zero-order chi connectivity index (χ0) is 15.5. The standard InChI is InChI=1S/C17H19NO4/c1-18(13-7-8-14-16(9-13)22-11-21-14)10-12-5-4-6-15(19-2)17(12)20-3/h4-9H,10-11H2,1-3H3. The molecule has 1 aliphatic rings. The summed E-state index contributed by atoms with van der Waals surface area (Å²) in [5.41, 5.74) is 2.11. The summed E-state index contributed by atoms with van der Waals surface area (Å²) in [5.74, 6) is 3.06. The number of methoxy groups -OCH3 is 2. The molecule has 0 unspecified atom stereocenters. The highest BCUT2D eigenvalue weighted by Gasteiger charge is 2.16. The van der Waals surface area contributed by atoms with Crippen LogP contribution in [0.15, 0.2) is 36.4 Å². The van der Waals surface area contributed by atoms with Gasteiger partial charge in [0.15, 0.2) is 23.0 Å². The first-order chi connectivity index (χ1) is 10.7. The number of fused-ring (bicyclic) bond motifs is 1. The Morgan fingerprint density at radius 2 is 1.86 bits per heavy atom. The van der Waals surface area contributed by atoms with Gasteiger partial charge in [0, 0.05) is 30.9 Å². The van der Waals surface area contributed by atoms with E-state index in [0.29, 0.717) is 6.54 Å². The second kappa shape index (κ2) is 6.05. The molecule has 0 aliphatic carbocycles. The summed E-state index contributed by atoms with van der Waals surface area (Å²) in [6.45, 7) is 0.978. The lowest BCUT2D eigenvalue weighted by Crippen LogP contribution is -2.17. The van der Waals surface area contributed by atoms with E-state index in [9.17, 15) is 0 Å². The summed E-state index contributed by atoms with van der Waals surface area (Å²) in [4.78, 5) is 2.12. The lowest BCUT2D eigenvalue weighted by molar-refractivity contribution is 0.174. The number of anilines is 1. The molecule has 3 rings (SSSR count). The Morgan fingerprint density at radius 1 is 1.05 bits per heavy atom. The maximum atomic E-state index is 5.48. The first-order valence-corrected chi connectivity index (χ1v) is 7.03. The maximum absolute atomic E-state index is 5.48. The lowest BCUT2D eigenvalue weighted by atomic mass is 10.1. The molecule has 0 atom stereocenters. The van der Waals surface area contributed by atoms with Crippen LogP contribution in [0.4, 0.5) is 5.69 Å². The quantitative estimate of drug-likeness (QED) is 0.849. The van der Waals surface area contributed by atoms with Crippen molar-refractivity contribution in [3.8, 4) is 23.0 Å². The predicted molar refractivity (Wildman–Crippen MR) is 84.2 cm³/mol. The van der Waals surface area contributed by atoms with Crippen molar-refractivity contribution in [3.63, 3.8) is 0 Å². The third-order valence-electron chi connectivity index (χ3n) is 3.69. The van der Waals surface area contributed by atoms with Gasteiger partial charge in [0.05, 0.1) is 14.2 Å². The normalized spacial score (nSPS) is 12.1. The highest BCUT2D eigenvalue weighted by molar-refractivity contribution is 5.58. The van der Waals surface area contributed by atoms with Crippen LogP contribution in [-0.2, 0) is 6.54 Å². The van der Waals surface area contributed by atoms with E-state index in [4.69, 9.17) is 18.9 Å². The second-order valence-corrected chi connectivity index (χ2v) is 5.05. The molecule has 0 fully saturated rings. The molecule has 1 heterocycles. The third kappa shape index (κ3) is 2.62. The van der Waals surface area contributed by atoms with E-state index in [-0.39, 0.29) is 6.79 Å². The van der Waals surface area contributed by atoms with E-state index in [1.165, 1.54) is 0 Å². The van der Waals surface area contributed by atoms with Gasteiger partial charge in [-0.1, -0.05) is 12.1 Å². The van der Waals surface area contributed by atoms with E-state index in [0.717, 1.165) is 34.2 Å². The van der Waals surface area contributed by atoms with Gasteiger partial charge in [-0.3, -0.25) is 0 Å². The molecule has 2 aromatic rings. The number of ether oxygens (including phenoxy) is 4. The van der Waals surface area contributed by atoms with Gasteiger partial charge in [0.2, 0.25) is 6.79 Å². The van der Waals surface area contributed by atoms with Crippen LogP contribution < -0.4 is 23.8 Å². The molecule has 0 radical (unpaired) electrons. The smallest absolute Gasteiger partial charge is 0.231 e. The van der Waals surface area contributed by atoms with Crippen LogP contribution in [0, 0.1) is 0 Å². The molecule has 1 aliphatic heterocycles. The fourth-order valence-corrected chi connectivity index (χ4v) is 2.55. The zero-order valence-corrected chi connectivity index (χ0v) is 13.0. The van der Waals surface area contributed by atoms with Crippen LogP contribution in [0.3, 0.4) is 0 Å². The van der Waals surface area contributed by atoms with Gasteiger partial charge >= 0.3 is 0 Å². The highest BCUT2D eigenvalue weighted by atomic mass is 16.7. The van der Waals surface area contributed by atoms with Crippen molar-refractivity contribution in [3.05, 3.63) is 42.0 Å². The maximum Gasteiger partial charge on any atom is 0.231 e. The molecular formula is C17H19NO4. The van der Waals surface area contributed by atoms with Crippen LogP contribution in [0.5, 0.6) is 23.0 Å². The fraction of sp³-hybridized carbons (Fsp3) is 0.294. The molecule has 5 heteroatoms. The van der Waals surface area contributed by atoms with Crippen molar-refractivity contribution in [2.24, 2.45) is 0 Å². The van der Waals surface area contributed by atoms with Crippen molar-refractivity contribution in [1.29, 1.82) is 0 Å². The van der Waals surface area contributed by atoms with Crippen LogP contribution in [0.1, 0.15) is 5.56 Å². The molecule has 0 bridgehead atoms. The third-order valence-corrected chi connectivity index (χ3v) is 3.69. The van der Waals surface area contributed by atoms with Crippen LogP contribution in [-0.4, -0.2) is 28.1 Å². The van der Waals surface area contributed by atoms with Gasteiger partial charge in [-0.15, -0.1) is 0 Å². The van der Waals surface area contributed by atoms with Crippen LogP contribution >= 0.6 is 0 Å². The first-order valence-electron chi connectivity index (χ1n) is 7.03. The summed E-state index contributed by atoms with van der Waals surface area (Å²) in [7, 11) is 5.32. The topological polar surface area (TPSA) is 40.2 Å². The summed E-state index contributed by atoms with van der Waals surface area (Å²) in [6, 6.07) is 11.8. The van der Waals surface area contributed by atoms with E-state index in [2.05, 4.69) is 4.90 Å². The number of hydrogen-bond acceptors (Lipinski definition) is 5. The molecule has 116 valence electrons.